The molecule has 0 bridgehead atoms. The van der Waals surface area contributed by atoms with Gasteiger partial charge in [-0.3, -0.25) is 4.79 Å². The molecular weight excluding hydrogens is 256 g/mol. The van der Waals surface area contributed by atoms with Crippen LogP contribution in [-0.4, -0.2) is 38.6 Å². The largest absolute Gasteiger partial charge is 0.369 e. The molecule has 2 aromatic heterocycles. The number of nitrogens with zero attached hydrogens (tertiary/aromatic N) is 4. The zero-order valence-corrected chi connectivity index (χ0v) is 12.1. The van der Waals surface area contributed by atoms with E-state index in [9.17, 15) is 4.79 Å². The number of anilines is 1. The molecule has 0 fully saturated rings. The van der Waals surface area contributed by atoms with E-state index in [4.69, 9.17) is 0 Å². The minimum atomic E-state index is 0.0480. The third-order valence-corrected chi connectivity index (χ3v) is 2.75. The second kappa shape index (κ2) is 6.31. The van der Waals surface area contributed by atoms with Gasteiger partial charge in [-0.15, -0.1) is 0 Å². The van der Waals surface area contributed by atoms with Crippen molar-refractivity contribution in [1.82, 2.24) is 24.9 Å². The smallest absolute Gasteiger partial charge is 0.254 e. The fraction of sp³-hybridized carbons (Fsp3) is 0.538. The molecule has 7 nitrogen and oxygen atoms in total. The van der Waals surface area contributed by atoms with Crippen molar-refractivity contribution in [2.24, 2.45) is 5.92 Å². The molecule has 0 spiro atoms. The summed E-state index contributed by atoms with van der Waals surface area (Å²) >= 11 is 0. The number of nitrogens with one attached hydrogen (secondary N) is 2. The van der Waals surface area contributed by atoms with Crippen LogP contribution in [0.25, 0.3) is 5.78 Å². The van der Waals surface area contributed by atoms with Crippen LogP contribution in [0.1, 0.15) is 26.0 Å². The number of rotatable bonds is 6. The lowest BCUT2D eigenvalue weighted by atomic mass is 10.2. The molecule has 0 aliphatic carbocycles. The first-order chi connectivity index (χ1) is 9.56. The predicted molar refractivity (Wildman–Crippen MR) is 76.5 cm³/mol. The number of hydrogen-bond donors (Lipinski definition) is 2. The van der Waals surface area contributed by atoms with Gasteiger partial charge in [0, 0.05) is 31.3 Å². The van der Waals surface area contributed by atoms with Crippen molar-refractivity contribution < 1.29 is 4.79 Å². The quantitative estimate of drug-likeness (QED) is 0.822. The van der Waals surface area contributed by atoms with Crippen LogP contribution in [0, 0.1) is 12.8 Å². The van der Waals surface area contributed by atoms with Gasteiger partial charge in [-0.05, 0) is 12.8 Å². The Kier molecular flexibility index (Phi) is 4.49. The van der Waals surface area contributed by atoms with Crippen LogP contribution in [0.15, 0.2) is 12.4 Å². The van der Waals surface area contributed by atoms with Gasteiger partial charge in [-0.25, -0.2) is 4.98 Å². The molecule has 2 aromatic rings. The lowest BCUT2D eigenvalue weighted by Gasteiger charge is -2.10. The monoisotopic (exact) mass is 276 g/mol. The van der Waals surface area contributed by atoms with Crippen molar-refractivity contribution in [2.45, 2.75) is 27.2 Å². The minimum absolute atomic E-state index is 0.0480. The number of fused-ring (bicyclic) bond motifs is 1. The fourth-order valence-electron chi connectivity index (χ4n) is 1.77. The molecule has 0 radical (unpaired) electrons. The summed E-state index contributed by atoms with van der Waals surface area (Å²) in [6.07, 6.45) is 1.88. The number of amides is 1. The predicted octanol–water partition coefficient (Wildman–Crippen LogP) is 1.01. The zero-order valence-electron chi connectivity index (χ0n) is 12.1. The normalized spacial score (nSPS) is 11.0. The van der Waals surface area contributed by atoms with Crippen LogP contribution >= 0.6 is 0 Å². The first-order valence-electron chi connectivity index (χ1n) is 6.74. The van der Waals surface area contributed by atoms with Crippen molar-refractivity contribution in [1.29, 1.82) is 0 Å². The Labute approximate surface area is 117 Å². The van der Waals surface area contributed by atoms with E-state index in [1.807, 2.05) is 13.0 Å². The Hall–Kier alpha value is -2.18. The lowest BCUT2D eigenvalue weighted by Crippen LogP contribution is -2.28. The maximum atomic E-state index is 11.6. The average molecular weight is 276 g/mol. The summed E-state index contributed by atoms with van der Waals surface area (Å²) in [6, 6.07) is 1.88. The summed E-state index contributed by atoms with van der Waals surface area (Å²) in [5.74, 6) is 1.86. The molecule has 20 heavy (non-hydrogen) atoms. The Balaban J connectivity index is 1.90. The van der Waals surface area contributed by atoms with E-state index in [0.29, 0.717) is 31.2 Å². The summed E-state index contributed by atoms with van der Waals surface area (Å²) in [6.45, 7) is 7.29. The van der Waals surface area contributed by atoms with Gasteiger partial charge in [0.1, 0.15) is 12.1 Å². The van der Waals surface area contributed by atoms with Gasteiger partial charge >= 0.3 is 0 Å². The molecule has 108 valence electrons. The fourth-order valence-corrected chi connectivity index (χ4v) is 1.77. The number of carbonyl (C=O) groups excluding carboxylic acids is 1. The SMILES string of the molecule is Cc1cc(NCCC(=O)NCC(C)C)n2ncnc2n1. The highest BCUT2D eigenvalue weighted by atomic mass is 16.1. The summed E-state index contributed by atoms with van der Waals surface area (Å²) < 4.78 is 1.62. The molecule has 2 N–H and O–H groups in total. The van der Waals surface area contributed by atoms with Crippen molar-refractivity contribution in [3.05, 3.63) is 18.1 Å². The molecular formula is C13H20N6O. The zero-order chi connectivity index (χ0) is 14.5. The Morgan fingerprint density at radius 1 is 1.45 bits per heavy atom. The van der Waals surface area contributed by atoms with E-state index in [1.54, 1.807) is 4.52 Å². The molecule has 0 unspecified atom stereocenters. The Bertz CT molecular complexity index is 592. The molecule has 2 rings (SSSR count). The minimum Gasteiger partial charge on any atom is -0.369 e. The molecule has 0 saturated carbocycles. The second-order valence-corrected chi connectivity index (χ2v) is 5.13. The van der Waals surface area contributed by atoms with Crippen LogP contribution in [0.2, 0.25) is 0 Å². The highest BCUT2D eigenvalue weighted by Gasteiger charge is 2.06. The number of hydrogen-bond acceptors (Lipinski definition) is 5. The summed E-state index contributed by atoms with van der Waals surface area (Å²) in [5.41, 5.74) is 0.859. The number of aryl methyl sites for hydroxylation is 1. The van der Waals surface area contributed by atoms with E-state index in [2.05, 4.69) is 39.5 Å². The Morgan fingerprint density at radius 2 is 2.25 bits per heavy atom. The number of carbonyl (C=O) groups is 1. The van der Waals surface area contributed by atoms with Crippen LogP contribution in [-0.2, 0) is 4.79 Å². The second-order valence-electron chi connectivity index (χ2n) is 5.13. The van der Waals surface area contributed by atoms with Gasteiger partial charge in [0.05, 0.1) is 0 Å². The van der Waals surface area contributed by atoms with Gasteiger partial charge in [0.25, 0.3) is 5.78 Å². The van der Waals surface area contributed by atoms with Crippen LogP contribution in [0.3, 0.4) is 0 Å². The van der Waals surface area contributed by atoms with E-state index in [-0.39, 0.29) is 5.91 Å². The van der Waals surface area contributed by atoms with Crippen LogP contribution < -0.4 is 10.6 Å². The molecule has 0 aromatic carbocycles. The average Bonchev–Trinajstić information content (AvgIpc) is 2.84. The molecule has 0 atom stereocenters. The van der Waals surface area contributed by atoms with Gasteiger partial charge in [-0.2, -0.15) is 14.6 Å². The first-order valence-corrected chi connectivity index (χ1v) is 6.74. The number of aromatic nitrogens is 4. The summed E-state index contributed by atoms with van der Waals surface area (Å²) in [5, 5.41) is 10.2. The molecule has 0 aliphatic heterocycles. The highest BCUT2D eigenvalue weighted by Crippen LogP contribution is 2.09. The van der Waals surface area contributed by atoms with Crippen molar-refractivity contribution in [3.63, 3.8) is 0 Å². The standard InChI is InChI=1S/C13H20N6O/c1-9(2)7-15-12(20)4-5-14-11-6-10(3)18-13-16-8-17-19(11)13/h6,8-9,14H,4-5,7H2,1-3H3,(H,15,20). The van der Waals surface area contributed by atoms with Crippen molar-refractivity contribution in [2.75, 3.05) is 18.4 Å². The molecule has 7 heteroatoms. The van der Waals surface area contributed by atoms with Crippen molar-refractivity contribution in [3.8, 4) is 0 Å². The summed E-state index contributed by atoms with van der Waals surface area (Å²) in [7, 11) is 0. The van der Waals surface area contributed by atoms with Crippen molar-refractivity contribution >= 4 is 17.5 Å². The lowest BCUT2D eigenvalue weighted by molar-refractivity contribution is -0.120. The van der Waals surface area contributed by atoms with Gasteiger partial charge < -0.3 is 10.6 Å². The van der Waals surface area contributed by atoms with E-state index in [0.717, 1.165) is 11.5 Å². The molecule has 2 heterocycles. The van der Waals surface area contributed by atoms with Crippen LogP contribution in [0.5, 0.6) is 0 Å². The van der Waals surface area contributed by atoms with Crippen LogP contribution in [0.4, 0.5) is 5.82 Å². The molecule has 1 amide bonds. The molecule has 0 aliphatic rings. The molecule has 0 saturated heterocycles. The highest BCUT2D eigenvalue weighted by molar-refractivity contribution is 5.76. The third kappa shape index (κ3) is 3.66. The van der Waals surface area contributed by atoms with E-state index < -0.39 is 0 Å². The maximum absolute atomic E-state index is 11.6. The maximum Gasteiger partial charge on any atom is 0.254 e. The van der Waals surface area contributed by atoms with E-state index >= 15 is 0 Å². The summed E-state index contributed by atoms with van der Waals surface area (Å²) in [4.78, 5) is 19.9. The Morgan fingerprint density at radius 3 is 3.00 bits per heavy atom. The van der Waals surface area contributed by atoms with Gasteiger partial charge in [-0.1, -0.05) is 13.8 Å². The topological polar surface area (TPSA) is 84.2 Å². The first kappa shape index (κ1) is 14.2. The van der Waals surface area contributed by atoms with E-state index in [1.165, 1.54) is 6.33 Å². The third-order valence-electron chi connectivity index (χ3n) is 2.75. The van der Waals surface area contributed by atoms with Gasteiger partial charge in [0.2, 0.25) is 5.91 Å². The van der Waals surface area contributed by atoms with Gasteiger partial charge in [0.15, 0.2) is 0 Å².